The summed E-state index contributed by atoms with van der Waals surface area (Å²) in [5.41, 5.74) is 7.52. The van der Waals surface area contributed by atoms with E-state index < -0.39 is 0 Å². The number of hydrogen-bond acceptors (Lipinski definition) is 4. The van der Waals surface area contributed by atoms with E-state index in [4.69, 9.17) is 10.5 Å². The number of anilines is 1. The Kier molecular flexibility index (Phi) is 4.37. The average Bonchev–Trinajstić information content (AvgIpc) is 2.91. The van der Waals surface area contributed by atoms with Gasteiger partial charge in [0.25, 0.3) is 5.91 Å². The minimum Gasteiger partial charge on any atom is -0.397 e. The van der Waals surface area contributed by atoms with Crippen molar-refractivity contribution in [3.8, 4) is 0 Å². The van der Waals surface area contributed by atoms with Gasteiger partial charge in [-0.2, -0.15) is 0 Å². The Morgan fingerprint density at radius 1 is 1.63 bits per heavy atom. The van der Waals surface area contributed by atoms with Gasteiger partial charge in [-0.15, -0.1) is 0 Å². The van der Waals surface area contributed by atoms with E-state index in [1.54, 1.807) is 17.2 Å². The van der Waals surface area contributed by atoms with Gasteiger partial charge in [-0.3, -0.25) is 9.78 Å². The zero-order valence-corrected chi connectivity index (χ0v) is 11.6. The highest BCUT2D eigenvalue weighted by Gasteiger charge is 2.23. The number of nitrogen functional groups attached to an aromatic ring is 1. The number of carbonyl (C=O) groups is 1. The van der Waals surface area contributed by atoms with E-state index in [1.807, 2.05) is 13.8 Å². The van der Waals surface area contributed by atoms with Crippen molar-refractivity contribution >= 4 is 11.6 Å². The first-order valence-corrected chi connectivity index (χ1v) is 6.74. The second-order valence-electron chi connectivity index (χ2n) is 4.88. The third kappa shape index (κ3) is 3.23. The molecule has 2 rings (SSSR count). The molecule has 5 heteroatoms. The number of pyridine rings is 1. The lowest BCUT2D eigenvalue weighted by atomic mass is 10.1. The molecule has 1 aliphatic heterocycles. The summed E-state index contributed by atoms with van der Waals surface area (Å²) in [7, 11) is 0. The van der Waals surface area contributed by atoms with Crippen molar-refractivity contribution in [1.29, 1.82) is 0 Å². The second kappa shape index (κ2) is 6.02. The Balaban J connectivity index is 2.12. The molecular weight excluding hydrogens is 242 g/mol. The highest BCUT2D eigenvalue weighted by atomic mass is 16.5. The molecule has 0 aliphatic carbocycles. The largest absolute Gasteiger partial charge is 0.397 e. The van der Waals surface area contributed by atoms with Gasteiger partial charge in [-0.1, -0.05) is 0 Å². The number of aryl methyl sites for hydroxylation is 1. The van der Waals surface area contributed by atoms with Gasteiger partial charge in [0.2, 0.25) is 0 Å². The van der Waals surface area contributed by atoms with E-state index in [0.29, 0.717) is 30.0 Å². The summed E-state index contributed by atoms with van der Waals surface area (Å²) in [5, 5.41) is 0. The molecule has 0 bridgehead atoms. The van der Waals surface area contributed by atoms with Crippen LogP contribution in [0.4, 0.5) is 5.69 Å². The minimum absolute atomic E-state index is 0.0182. The Bertz CT molecular complexity index is 456. The van der Waals surface area contributed by atoms with E-state index in [1.165, 1.54) is 0 Å². The highest BCUT2D eigenvalue weighted by Crippen LogP contribution is 2.17. The fourth-order valence-corrected chi connectivity index (χ4v) is 2.33. The zero-order valence-electron chi connectivity index (χ0n) is 11.6. The molecular formula is C14H21N3O2. The molecule has 104 valence electrons. The number of likely N-dealkylation sites (N-methyl/N-ethyl adjacent to an activating group) is 1. The molecule has 1 atom stereocenters. The molecule has 1 saturated heterocycles. The van der Waals surface area contributed by atoms with Crippen LogP contribution in [-0.2, 0) is 4.74 Å². The third-order valence-corrected chi connectivity index (χ3v) is 3.46. The smallest absolute Gasteiger partial charge is 0.255 e. The summed E-state index contributed by atoms with van der Waals surface area (Å²) in [4.78, 5) is 18.5. The Morgan fingerprint density at radius 3 is 3.05 bits per heavy atom. The first kappa shape index (κ1) is 13.8. The second-order valence-corrected chi connectivity index (χ2v) is 4.88. The van der Waals surface area contributed by atoms with Crippen LogP contribution in [-0.4, -0.2) is 41.6 Å². The Labute approximate surface area is 113 Å². The predicted molar refractivity (Wildman–Crippen MR) is 73.9 cm³/mol. The van der Waals surface area contributed by atoms with E-state index in [0.717, 1.165) is 19.4 Å². The number of ether oxygens (including phenoxy) is 1. The van der Waals surface area contributed by atoms with Gasteiger partial charge in [0, 0.05) is 19.7 Å². The lowest BCUT2D eigenvalue weighted by Crippen LogP contribution is -2.37. The molecule has 2 heterocycles. The van der Waals surface area contributed by atoms with Crippen LogP contribution in [0.3, 0.4) is 0 Å². The van der Waals surface area contributed by atoms with Crippen LogP contribution < -0.4 is 5.73 Å². The van der Waals surface area contributed by atoms with Crippen LogP contribution in [0.15, 0.2) is 12.3 Å². The molecule has 1 unspecified atom stereocenters. The van der Waals surface area contributed by atoms with Gasteiger partial charge < -0.3 is 15.4 Å². The van der Waals surface area contributed by atoms with Crippen LogP contribution in [0.25, 0.3) is 0 Å². The molecule has 1 amide bonds. The first-order chi connectivity index (χ1) is 9.11. The van der Waals surface area contributed by atoms with Gasteiger partial charge in [0.1, 0.15) is 0 Å². The number of nitrogens with two attached hydrogens (primary N) is 1. The highest BCUT2D eigenvalue weighted by molar-refractivity contribution is 5.96. The molecule has 1 aromatic heterocycles. The predicted octanol–water partition coefficient (Wildman–Crippen LogP) is 1.61. The summed E-state index contributed by atoms with van der Waals surface area (Å²) >= 11 is 0. The van der Waals surface area contributed by atoms with Crippen molar-refractivity contribution in [2.75, 3.05) is 25.4 Å². The molecule has 0 spiro atoms. The molecule has 1 aliphatic rings. The van der Waals surface area contributed by atoms with Crippen molar-refractivity contribution in [3.05, 3.63) is 23.5 Å². The van der Waals surface area contributed by atoms with Gasteiger partial charge in [-0.25, -0.2) is 0 Å². The van der Waals surface area contributed by atoms with Crippen molar-refractivity contribution in [2.45, 2.75) is 32.8 Å². The van der Waals surface area contributed by atoms with Crippen LogP contribution in [0.5, 0.6) is 0 Å². The van der Waals surface area contributed by atoms with Crippen molar-refractivity contribution in [2.24, 2.45) is 0 Å². The number of amides is 1. The van der Waals surface area contributed by atoms with Gasteiger partial charge in [0.05, 0.1) is 29.2 Å². The number of rotatable bonds is 4. The summed E-state index contributed by atoms with van der Waals surface area (Å²) in [6.07, 6.45) is 3.84. The van der Waals surface area contributed by atoms with Crippen LogP contribution in [0, 0.1) is 6.92 Å². The Hall–Kier alpha value is -1.62. The van der Waals surface area contributed by atoms with Crippen molar-refractivity contribution < 1.29 is 9.53 Å². The maximum Gasteiger partial charge on any atom is 0.255 e. The molecule has 1 aromatic rings. The fraction of sp³-hybridized carbons (Fsp3) is 0.571. The normalized spacial score (nSPS) is 18.5. The van der Waals surface area contributed by atoms with E-state index in [-0.39, 0.29) is 12.0 Å². The SMILES string of the molecule is CCN(CC1CCCO1)C(=O)c1cc(N)cnc1C. The molecule has 1 fully saturated rings. The minimum atomic E-state index is -0.0182. The number of hydrogen-bond donors (Lipinski definition) is 1. The van der Waals surface area contributed by atoms with Crippen LogP contribution in [0.1, 0.15) is 35.8 Å². The van der Waals surface area contributed by atoms with Crippen LogP contribution in [0.2, 0.25) is 0 Å². The third-order valence-electron chi connectivity index (χ3n) is 3.46. The number of carbonyl (C=O) groups excluding carboxylic acids is 1. The van der Waals surface area contributed by atoms with Crippen molar-refractivity contribution in [3.63, 3.8) is 0 Å². The molecule has 0 aromatic carbocycles. The fourth-order valence-electron chi connectivity index (χ4n) is 2.33. The van der Waals surface area contributed by atoms with Gasteiger partial charge in [0.15, 0.2) is 0 Å². The maximum absolute atomic E-state index is 12.5. The molecule has 2 N–H and O–H groups in total. The van der Waals surface area contributed by atoms with Crippen LogP contribution >= 0.6 is 0 Å². The van der Waals surface area contributed by atoms with E-state index in [9.17, 15) is 4.79 Å². The summed E-state index contributed by atoms with van der Waals surface area (Å²) in [5.74, 6) is -0.0182. The summed E-state index contributed by atoms with van der Waals surface area (Å²) in [6.45, 7) is 5.90. The summed E-state index contributed by atoms with van der Waals surface area (Å²) in [6, 6.07) is 1.70. The molecule has 19 heavy (non-hydrogen) atoms. The maximum atomic E-state index is 12.5. The molecule has 5 nitrogen and oxygen atoms in total. The first-order valence-electron chi connectivity index (χ1n) is 6.74. The number of nitrogens with zero attached hydrogens (tertiary/aromatic N) is 2. The topological polar surface area (TPSA) is 68.5 Å². The van der Waals surface area contributed by atoms with Gasteiger partial charge in [-0.05, 0) is 32.8 Å². The lowest BCUT2D eigenvalue weighted by Gasteiger charge is -2.24. The molecule has 0 saturated carbocycles. The monoisotopic (exact) mass is 263 g/mol. The standard InChI is InChI=1S/C14H21N3O2/c1-3-17(9-12-5-4-6-19-12)14(18)13-7-11(15)8-16-10(13)2/h7-8,12H,3-6,9,15H2,1-2H3. The zero-order chi connectivity index (χ0) is 13.8. The van der Waals surface area contributed by atoms with E-state index in [2.05, 4.69) is 4.98 Å². The van der Waals surface area contributed by atoms with E-state index >= 15 is 0 Å². The number of aromatic nitrogens is 1. The van der Waals surface area contributed by atoms with Gasteiger partial charge >= 0.3 is 0 Å². The summed E-state index contributed by atoms with van der Waals surface area (Å²) < 4.78 is 5.59. The lowest BCUT2D eigenvalue weighted by molar-refractivity contribution is 0.0538. The Morgan fingerprint density at radius 2 is 2.42 bits per heavy atom. The van der Waals surface area contributed by atoms with Crippen molar-refractivity contribution in [1.82, 2.24) is 9.88 Å². The molecule has 0 radical (unpaired) electrons. The average molecular weight is 263 g/mol. The quantitative estimate of drug-likeness (QED) is 0.896.